The zero-order valence-electron chi connectivity index (χ0n) is 42.9. The van der Waals surface area contributed by atoms with Crippen LogP contribution in [0.4, 0.5) is 34.1 Å². The summed E-state index contributed by atoms with van der Waals surface area (Å²) >= 11 is 4.02. The van der Waals surface area contributed by atoms with E-state index < -0.39 is 28.7 Å². The number of unbranched alkanes of at least 4 members (excludes halogenated alkanes) is 2. The number of fused-ring (bicyclic) bond motifs is 4. The van der Waals surface area contributed by atoms with Gasteiger partial charge < -0.3 is 40.0 Å². The maximum Gasteiger partial charge on any atom is 0 e. The van der Waals surface area contributed by atoms with E-state index in [1.165, 1.54) is 96.3 Å². The number of benzene rings is 6. The Balaban J connectivity index is 0.000000366. The van der Waals surface area contributed by atoms with Crippen LogP contribution in [0.2, 0.25) is 0 Å². The number of hydrogen-bond acceptors (Lipinski definition) is 14. The minimum absolute atomic E-state index is 0. The van der Waals surface area contributed by atoms with Crippen molar-refractivity contribution in [1.82, 2.24) is 0 Å². The van der Waals surface area contributed by atoms with E-state index in [9.17, 15) is 34.6 Å². The number of anilines is 4. The van der Waals surface area contributed by atoms with Crippen molar-refractivity contribution in [2.75, 3.05) is 62.9 Å². The molecule has 2 fully saturated rings. The number of nitrogens with two attached hydrogens (primary N) is 2. The molecule has 0 spiro atoms. The molecule has 0 unspecified atom stereocenters. The van der Waals surface area contributed by atoms with E-state index in [4.69, 9.17) is 43.3 Å². The molecule has 0 aliphatic carbocycles. The van der Waals surface area contributed by atoms with Gasteiger partial charge in [-0.05, 0) is 110 Å². The number of rotatable bonds is 10. The molecule has 16 nitrogen and oxygen atoms in total. The Bertz CT molecular complexity index is 3340. The van der Waals surface area contributed by atoms with Gasteiger partial charge in [-0.1, -0.05) is 84.3 Å². The first-order valence-corrected chi connectivity index (χ1v) is 35.0. The van der Waals surface area contributed by atoms with Crippen molar-refractivity contribution in [3.8, 4) is 0 Å². The Kier molecular flexibility index (Phi) is 34.0. The predicted octanol–water partition coefficient (Wildman–Crippen LogP) is 14.7. The van der Waals surface area contributed by atoms with Gasteiger partial charge in [0.15, 0.2) is 5.69 Å². The fourth-order valence-corrected chi connectivity index (χ4v) is 9.34. The van der Waals surface area contributed by atoms with E-state index in [0.29, 0.717) is 55.2 Å². The SMILES string of the molecule is C.C.CCO.ICCCCCI.Nc1c[c-]c(C(=O)c2[c-]cc([N+](=O)[O-])cc2)cc1.Nc1ccc2c(=O)c3ccc(N4CCCCC4)cc3oc2c1.O=c1c2ccc(N3CCCCC3)cc2oc2cc([N+](=O)[O-])ccc12.[Cl][Sn][Cl].[Y]. The number of nitro groups is 2. The van der Waals surface area contributed by atoms with Gasteiger partial charge in [-0.2, -0.15) is 0 Å². The van der Waals surface area contributed by atoms with Crippen molar-refractivity contribution in [3.63, 3.8) is 0 Å². The second kappa shape index (κ2) is 37.8. The van der Waals surface area contributed by atoms with Crippen LogP contribution in [0, 0.1) is 32.4 Å². The third-order valence-electron chi connectivity index (χ3n) is 12.1. The molecule has 2 aliphatic rings. The number of halogens is 4. The summed E-state index contributed by atoms with van der Waals surface area (Å²) < 4.78 is 14.4. The second-order valence-corrected chi connectivity index (χ2v) is 23.8. The minimum atomic E-state index is -0.826. The summed E-state index contributed by atoms with van der Waals surface area (Å²) in [6.45, 7) is 6.05. The van der Waals surface area contributed by atoms with E-state index in [1.807, 2.05) is 30.3 Å². The fraction of sp³-hybridized carbons (Fsp3) is 0.328. The summed E-state index contributed by atoms with van der Waals surface area (Å²) in [5.74, 6) is -0.301. The maximum absolute atomic E-state index is 12.6. The molecule has 3 radical (unpaired) electrons. The molecule has 0 bridgehead atoms. The molecule has 0 atom stereocenters. The van der Waals surface area contributed by atoms with Gasteiger partial charge in [-0.3, -0.25) is 29.8 Å². The molecule has 5 N–H and O–H groups in total. The predicted molar refractivity (Wildman–Crippen MR) is 344 cm³/mol. The Morgan fingerprint density at radius 2 is 0.988 bits per heavy atom. The molecule has 2 saturated heterocycles. The molecular formula is C58H66Cl2I2N6O10SnY-2. The summed E-state index contributed by atoms with van der Waals surface area (Å²) in [5, 5.41) is 31.0. The largest absolute Gasteiger partial charge is 0 e. The Hall–Kier alpha value is -4.17. The number of nitrogen functional groups attached to an aromatic ring is 2. The molecule has 8 aromatic rings. The van der Waals surface area contributed by atoms with E-state index in [2.05, 4.69) is 67.1 Å². The minimum Gasteiger partial charge on any atom is 0 e. The van der Waals surface area contributed by atoms with Crippen LogP contribution in [0.1, 0.15) is 95.5 Å². The fourth-order valence-electron chi connectivity index (χ4n) is 8.26. The van der Waals surface area contributed by atoms with Crippen LogP contribution in [0.3, 0.4) is 0 Å². The molecule has 10 rings (SSSR count). The van der Waals surface area contributed by atoms with Gasteiger partial charge in [0.2, 0.25) is 10.9 Å². The van der Waals surface area contributed by atoms with Crippen LogP contribution in [-0.2, 0) is 32.7 Å². The van der Waals surface area contributed by atoms with Crippen molar-refractivity contribution in [1.29, 1.82) is 0 Å². The second-order valence-electron chi connectivity index (χ2n) is 17.4. The Morgan fingerprint density at radius 3 is 1.39 bits per heavy atom. The van der Waals surface area contributed by atoms with Crippen LogP contribution in [0.15, 0.2) is 128 Å². The van der Waals surface area contributed by atoms with Gasteiger partial charge in [0.25, 0.3) is 5.69 Å². The number of alkyl halides is 2. The Morgan fingerprint density at radius 1 is 0.613 bits per heavy atom. The number of nitrogens with zero attached hydrogens (tertiary/aromatic N) is 4. The third kappa shape index (κ3) is 21.2. The number of ketones is 1. The van der Waals surface area contributed by atoms with E-state index in [0.717, 1.165) is 50.4 Å². The smallest absolute Gasteiger partial charge is 0 e. The normalized spacial score (nSPS) is 12.3. The quantitative estimate of drug-likeness (QED) is 0.0110. The summed E-state index contributed by atoms with van der Waals surface area (Å²) in [7, 11) is 9.87. The van der Waals surface area contributed by atoms with Crippen molar-refractivity contribution in [3.05, 3.63) is 173 Å². The van der Waals surface area contributed by atoms with Crippen molar-refractivity contribution in [2.45, 2.75) is 79.6 Å². The third-order valence-corrected chi connectivity index (χ3v) is 13.6. The van der Waals surface area contributed by atoms with Crippen molar-refractivity contribution in [2.24, 2.45) is 0 Å². The molecule has 425 valence electrons. The van der Waals surface area contributed by atoms with Crippen LogP contribution >= 0.6 is 63.0 Å². The number of carbonyl (C=O) groups is 1. The molecule has 6 aromatic carbocycles. The molecule has 80 heavy (non-hydrogen) atoms. The average molecular weight is 1540 g/mol. The number of non-ortho nitro benzene ring substituents is 2. The number of carbonyl (C=O) groups excluding carboxylic acids is 1. The molecule has 0 saturated carbocycles. The van der Waals surface area contributed by atoms with Crippen LogP contribution in [0.5, 0.6) is 0 Å². The molecular weight excluding hydrogens is 1470 g/mol. The van der Waals surface area contributed by atoms with E-state index >= 15 is 0 Å². The van der Waals surface area contributed by atoms with Gasteiger partial charge >= 0.3 is 36.7 Å². The first-order valence-electron chi connectivity index (χ1n) is 24.8. The van der Waals surface area contributed by atoms with Crippen molar-refractivity contribution < 1.29 is 61.3 Å². The zero-order valence-corrected chi connectivity index (χ0v) is 54.4. The van der Waals surface area contributed by atoms with Crippen LogP contribution in [0.25, 0.3) is 43.9 Å². The number of aliphatic hydroxyl groups excluding tert-OH is 1. The molecule has 4 heterocycles. The molecule has 0 amide bonds. The van der Waals surface area contributed by atoms with Crippen LogP contribution in [-0.4, -0.2) is 81.3 Å². The van der Waals surface area contributed by atoms with E-state index in [-0.39, 0.29) is 93.3 Å². The van der Waals surface area contributed by atoms with Gasteiger partial charge in [-0.25, -0.2) is 0 Å². The first kappa shape index (κ1) is 71.9. The average Bonchev–Trinajstić information content (AvgIpc) is 3.60. The molecule has 22 heteroatoms. The topological polar surface area (TPSA) is 243 Å². The van der Waals surface area contributed by atoms with Gasteiger partial charge in [-0.15, -0.1) is 47.5 Å². The van der Waals surface area contributed by atoms with Crippen LogP contribution < -0.4 is 32.1 Å². The number of hydrogen-bond donors (Lipinski definition) is 3. The van der Waals surface area contributed by atoms with Gasteiger partial charge in [0.1, 0.15) is 22.3 Å². The maximum atomic E-state index is 12.6. The monoisotopic (exact) mass is 1540 g/mol. The number of nitro benzene ring substituents is 2. The van der Waals surface area contributed by atoms with E-state index in [1.54, 1.807) is 43.3 Å². The summed E-state index contributed by atoms with van der Waals surface area (Å²) in [4.78, 5) is 62.2. The van der Waals surface area contributed by atoms with Crippen molar-refractivity contribution >= 4 is 166 Å². The number of aliphatic hydroxyl groups is 1. The number of piperidine rings is 2. The standard InChI is InChI=1S/C18H16N2O4.C18H18N2O2.C13H8N2O3.C5H10I2.C2H6O.2CH4.2ClH.Sn.Y/c21-18-14-6-4-12(19-8-2-1-3-9-19)10-16(14)24-17-11-13(20(22)23)5-7-15(17)18;19-12-4-6-14-16(10-12)22-17-11-13(5-7-15(17)18(14)21)20-8-2-1-3-9-20;14-11-5-1-9(2-6-11)13(16)10-3-7-12(8-4-10)15(17)18;6-4-2-1-3-5-7;1-2-3;;;;;;/h4-7,10-11H,1-3,8-9H2;4-7,10-11H,1-3,8-9,19H2;1,3,5-8H,14H2;1-5H2;3H,2H2,1H3;2*1H4;2*1H;;/q;;-2;;;;;;;+2;/p-2. The zero-order chi connectivity index (χ0) is 55.9. The summed E-state index contributed by atoms with van der Waals surface area (Å²) in [6.07, 6.45) is 11.5. The molecule has 2 aliphatic heterocycles. The van der Waals surface area contributed by atoms with Gasteiger partial charge in [0.05, 0.1) is 38.3 Å². The summed E-state index contributed by atoms with van der Waals surface area (Å²) in [5.41, 5.74) is 16.7. The Labute approximate surface area is 536 Å². The first-order chi connectivity index (χ1) is 37.2. The van der Waals surface area contributed by atoms with Gasteiger partial charge in [0, 0.05) is 112 Å². The molecule has 2 aromatic heterocycles. The summed E-state index contributed by atoms with van der Waals surface area (Å²) in [6, 6.07) is 34.5.